The number of anilines is 1. The summed E-state index contributed by atoms with van der Waals surface area (Å²) >= 11 is 0. The molecule has 3 atom stereocenters. The quantitative estimate of drug-likeness (QED) is 0.863. The van der Waals surface area contributed by atoms with E-state index in [1.165, 1.54) is 12.8 Å². The topological polar surface area (TPSA) is 37.4 Å². The molecule has 2 aliphatic rings. The van der Waals surface area contributed by atoms with E-state index in [1.807, 2.05) is 19.2 Å². The molecule has 2 heterocycles. The van der Waals surface area contributed by atoms with Crippen LogP contribution in [0.15, 0.2) is 18.3 Å². The standard InChI is InChI=1S/C14H21N3O/c1-15-14-4-3-12(9-16-14)18-6-5-11-7-10-8-13(10)17(11)2/h3-4,9-11,13H,5-8H2,1-2H3,(H,15,16). The molecule has 0 amide bonds. The predicted octanol–water partition coefficient (Wildman–Crippen LogP) is 1.98. The second-order valence-corrected chi connectivity index (χ2v) is 5.38. The summed E-state index contributed by atoms with van der Waals surface area (Å²) in [4.78, 5) is 6.77. The third-order valence-corrected chi connectivity index (χ3v) is 4.27. The Morgan fingerprint density at radius 3 is 2.94 bits per heavy atom. The fraction of sp³-hybridized carbons (Fsp3) is 0.643. The first-order valence-corrected chi connectivity index (χ1v) is 6.76. The van der Waals surface area contributed by atoms with E-state index in [9.17, 15) is 0 Å². The van der Waals surface area contributed by atoms with Crippen molar-refractivity contribution >= 4 is 5.82 Å². The minimum atomic E-state index is 0.721. The zero-order valence-electron chi connectivity index (χ0n) is 11.1. The van der Waals surface area contributed by atoms with Crippen LogP contribution in [-0.4, -0.2) is 42.7 Å². The van der Waals surface area contributed by atoms with Crippen LogP contribution in [0.3, 0.4) is 0 Å². The summed E-state index contributed by atoms with van der Waals surface area (Å²) in [5, 5.41) is 3.00. The van der Waals surface area contributed by atoms with Gasteiger partial charge < -0.3 is 15.0 Å². The Kier molecular flexibility index (Phi) is 3.12. The van der Waals surface area contributed by atoms with Crippen molar-refractivity contribution in [1.29, 1.82) is 0 Å². The van der Waals surface area contributed by atoms with E-state index in [2.05, 4.69) is 22.2 Å². The van der Waals surface area contributed by atoms with Crippen LogP contribution in [0.25, 0.3) is 0 Å². The summed E-state index contributed by atoms with van der Waals surface area (Å²) in [6.45, 7) is 0.787. The monoisotopic (exact) mass is 247 g/mol. The number of likely N-dealkylation sites (tertiary alicyclic amines) is 1. The van der Waals surface area contributed by atoms with Crippen molar-refractivity contribution in [1.82, 2.24) is 9.88 Å². The van der Waals surface area contributed by atoms with Crippen LogP contribution in [-0.2, 0) is 0 Å². The fourth-order valence-corrected chi connectivity index (χ4v) is 3.02. The number of piperidine rings is 1. The van der Waals surface area contributed by atoms with Gasteiger partial charge in [-0.05, 0) is 44.4 Å². The Morgan fingerprint density at radius 1 is 1.44 bits per heavy atom. The first-order chi connectivity index (χ1) is 8.78. The van der Waals surface area contributed by atoms with Crippen molar-refractivity contribution in [2.24, 2.45) is 5.92 Å². The van der Waals surface area contributed by atoms with Gasteiger partial charge in [0.25, 0.3) is 0 Å². The lowest BCUT2D eigenvalue weighted by Gasteiger charge is -2.22. The van der Waals surface area contributed by atoms with Gasteiger partial charge in [-0.25, -0.2) is 4.98 Å². The molecule has 1 aromatic heterocycles. The number of pyridine rings is 1. The summed E-state index contributed by atoms with van der Waals surface area (Å²) in [6.07, 6.45) is 5.68. The number of fused-ring (bicyclic) bond motifs is 1. The lowest BCUT2D eigenvalue weighted by Crippen LogP contribution is -2.30. The molecule has 0 bridgehead atoms. The summed E-state index contributed by atoms with van der Waals surface area (Å²) in [6, 6.07) is 5.51. The van der Waals surface area contributed by atoms with Gasteiger partial charge in [-0.15, -0.1) is 0 Å². The van der Waals surface area contributed by atoms with Gasteiger partial charge in [0.1, 0.15) is 11.6 Å². The Hall–Kier alpha value is -1.29. The van der Waals surface area contributed by atoms with Gasteiger partial charge in [-0.2, -0.15) is 0 Å². The van der Waals surface area contributed by atoms with Crippen LogP contribution >= 0.6 is 0 Å². The van der Waals surface area contributed by atoms with Crippen LogP contribution < -0.4 is 10.1 Å². The molecule has 4 nitrogen and oxygen atoms in total. The molecular weight excluding hydrogens is 226 g/mol. The number of ether oxygens (including phenoxy) is 1. The largest absolute Gasteiger partial charge is 0.492 e. The molecular formula is C14H21N3O. The molecule has 1 aromatic rings. The molecule has 1 aliphatic heterocycles. The molecule has 18 heavy (non-hydrogen) atoms. The van der Waals surface area contributed by atoms with E-state index in [-0.39, 0.29) is 0 Å². The summed E-state index contributed by atoms with van der Waals surface area (Å²) < 4.78 is 5.75. The van der Waals surface area contributed by atoms with Crippen molar-refractivity contribution in [2.45, 2.75) is 31.3 Å². The van der Waals surface area contributed by atoms with Gasteiger partial charge in [-0.3, -0.25) is 0 Å². The highest BCUT2D eigenvalue weighted by Crippen LogP contribution is 2.47. The van der Waals surface area contributed by atoms with Gasteiger partial charge in [0.15, 0.2) is 0 Å². The molecule has 0 radical (unpaired) electrons. The first kappa shape index (κ1) is 11.8. The molecule has 1 saturated carbocycles. The van der Waals surface area contributed by atoms with Crippen molar-refractivity contribution in [3.05, 3.63) is 18.3 Å². The maximum absolute atomic E-state index is 5.75. The number of nitrogens with zero attached hydrogens (tertiary/aromatic N) is 2. The Balaban J connectivity index is 1.44. The maximum Gasteiger partial charge on any atom is 0.137 e. The molecule has 3 unspecified atom stereocenters. The van der Waals surface area contributed by atoms with E-state index < -0.39 is 0 Å². The summed E-state index contributed by atoms with van der Waals surface area (Å²) in [7, 11) is 4.12. The minimum absolute atomic E-state index is 0.721. The molecule has 1 saturated heterocycles. The fourth-order valence-electron chi connectivity index (χ4n) is 3.02. The van der Waals surface area contributed by atoms with Gasteiger partial charge in [-0.1, -0.05) is 0 Å². The normalized spacial score (nSPS) is 30.0. The van der Waals surface area contributed by atoms with Crippen LogP contribution in [0.4, 0.5) is 5.82 Å². The van der Waals surface area contributed by atoms with E-state index in [1.54, 1.807) is 6.20 Å². The second-order valence-electron chi connectivity index (χ2n) is 5.38. The van der Waals surface area contributed by atoms with E-state index >= 15 is 0 Å². The Bertz CT molecular complexity index is 406. The van der Waals surface area contributed by atoms with Crippen molar-refractivity contribution < 1.29 is 4.74 Å². The number of nitrogens with one attached hydrogen (secondary N) is 1. The molecule has 1 aliphatic carbocycles. The molecule has 2 fully saturated rings. The number of aromatic nitrogens is 1. The van der Waals surface area contributed by atoms with Crippen LogP contribution in [0.2, 0.25) is 0 Å². The molecule has 3 rings (SSSR count). The highest BCUT2D eigenvalue weighted by atomic mass is 16.5. The summed E-state index contributed by atoms with van der Waals surface area (Å²) in [5.74, 6) is 2.72. The minimum Gasteiger partial charge on any atom is -0.492 e. The Labute approximate surface area is 108 Å². The Morgan fingerprint density at radius 2 is 2.33 bits per heavy atom. The van der Waals surface area contributed by atoms with Crippen LogP contribution in [0, 0.1) is 5.92 Å². The average Bonchev–Trinajstić information content (AvgIpc) is 3.11. The zero-order valence-corrected chi connectivity index (χ0v) is 11.1. The molecule has 0 spiro atoms. The van der Waals surface area contributed by atoms with Gasteiger partial charge >= 0.3 is 0 Å². The number of hydrogen-bond acceptors (Lipinski definition) is 4. The number of rotatable bonds is 5. The van der Waals surface area contributed by atoms with Crippen molar-refractivity contribution in [2.75, 3.05) is 26.0 Å². The molecule has 0 aromatic carbocycles. The van der Waals surface area contributed by atoms with Gasteiger partial charge in [0.2, 0.25) is 0 Å². The molecule has 98 valence electrons. The third kappa shape index (κ3) is 2.29. The lowest BCUT2D eigenvalue weighted by atomic mass is 10.1. The number of hydrogen-bond donors (Lipinski definition) is 1. The van der Waals surface area contributed by atoms with E-state index in [4.69, 9.17) is 4.74 Å². The zero-order chi connectivity index (χ0) is 12.5. The second kappa shape index (κ2) is 4.76. The van der Waals surface area contributed by atoms with Crippen molar-refractivity contribution in [3.8, 4) is 5.75 Å². The molecule has 1 N–H and O–H groups in total. The maximum atomic E-state index is 5.75. The third-order valence-electron chi connectivity index (χ3n) is 4.27. The van der Waals surface area contributed by atoms with Crippen LogP contribution in [0.1, 0.15) is 19.3 Å². The van der Waals surface area contributed by atoms with Crippen LogP contribution in [0.5, 0.6) is 5.75 Å². The smallest absolute Gasteiger partial charge is 0.137 e. The highest BCUT2D eigenvalue weighted by Gasteiger charge is 2.49. The van der Waals surface area contributed by atoms with E-state index in [0.717, 1.165) is 42.6 Å². The lowest BCUT2D eigenvalue weighted by molar-refractivity contribution is 0.210. The first-order valence-electron chi connectivity index (χ1n) is 6.76. The predicted molar refractivity (Wildman–Crippen MR) is 72.0 cm³/mol. The average molecular weight is 247 g/mol. The molecule has 4 heteroatoms. The van der Waals surface area contributed by atoms with Gasteiger partial charge in [0, 0.05) is 19.1 Å². The SMILES string of the molecule is CNc1ccc(OCCC2CC3CC3N2C)cn1. The summed E-state index contributed by atoms with van der Waals surface area (Å²) in [5.41, 5.74) is 0. The highest BCUT2D eigenvalue weighted by molar-refractivity contribution is 5.36. The van der Waals surface area contributed by atoms with Crippen molar-refractivity contribution in [3.63, 3.8) is 0 Å². The van der Waals surface area contributed by atoms with Gasteiger partial charge in [0.05, 0.1) is 12.8 Å². The van der Waals surface area contributed by atoms with E-state index in [0.29, 0.717) is 0 Å².